The van der Waals surface area contributed by atoms with Gasteiger partial charge < -0.3 is 14.8 Å². The van der Waals surface area contributed by atoms with E-state index in [0.717, 1.165) is 39.5 Å². The van der Waals surface area contributed by atoms with Crippen LogP contribution in [0, 0.1) is 6.92 Å². The number of amides is 1. The minimum Gasteiger partial charge on any atom is -0.486 e. The molecule has 0 bridgehead atoms. The molecule has 28 heavy (non-hydrogen) atoms. The number of pyridine rings is 1. The number of aryl methyl sites for hydroxylation is 2. The van der Waals surface area contributed by atoms with E-state index in [4.69, 9.17) is 14.5 Å². The predicted molar refractivity (Wildman–Crippen MR) is 106 cm³/mol. The van der Waals surface area contributed by atoms with Gasteiger partial charge >= 0.3 is 0 Å². The van der Waals surface area contributed by atoms with Crippen molar-refractivity contribution < 1.29 is 14.3 Å². The lowest BCUT2D eigenvalue weighted by atomic mass is 10.0. The van der Waals surface area contributed by atoms with E-state index < -0.39 is 0 Å². The Morgan fingerprint density at radius 3 is 2.71 bits per heavy atom. The Kier molecular flexibility index (Phi) is 4.66. The lowest BCUT2D eigenvalue weighted by Crippen LogP contribution is -2.24. The van der Waals surface area contributed by atoms with Crippen LogP contribution in [0.5, 0.6) is 11.5 Å². The summed E-state index contributed by atoms with van der Waals surface area (Å²) in [5, 5.41) is 8.26. The molecule has 1 aliphatic heterocycles. The van der Waals surface area contributed by atoms with Crippen molar-refractivity contribution in [1.29, 1.82) is 0 Å². The normalized spacial score (nSPS) is 13.2. The largest absolute Gasteiger partial charge is 0.486 e. The number of aromatic nitrogens is 3. The highest BCUT2D eigenvalue weighted by Gasteiger charge is 2.20. The zero-order valence-electron chi connectivity index (χ0n) is 16.6. The molecule has 1 N–H and O–H groups in total. The van der Waals surface area contributed by atoms with Gasteiger partial charge in [-0.15, -0.1) is 0 Å². The number of nitrogens with one attached hydrogen (secondary N) is 1. The van der Waals surface area contributed by atoms with Crippen molar-refractivity contribution in [1.82, 2.24) is 20.1 Å². The van der Waals surface area contributed by atoms with Crippen LogP contribution in [-0.4, -0.2) is 33.9 Å². The second-order valence-electron chi connectivity index (χ2n) is 7.32. The Morgan fingerprint density at radius 1 is 1.21 bits per heavy atom. The van der Waals surface area contributed by atoms with Crippen LogP contribution in [0.3, 0.4) is 0 Å². The van der Waals surface area contributed by atoms with E-state index >= 15 is 0 Å². The molecule has 0 fully saturated rings. The first kappa shape index (κ1) is 18.3. The van der Waals surface area contributed by atoms with Crippen LogP contribution in [0.2, 0.25) is 0 Å². The minimum atomic E-state index is -0.139. The molecule has 4 rings (SSSR count). The first-order valence-electron chi connectivity index (χ1n) is 9.45. The highest BCUT2D eigenvalue weighted by Crippen LogP contribution is 2.31. The van der Waals surface area contributed by atoms with Gasteiger partial charge in [0.15, 0.2) is 17.1 Å². The second-order valence-corrected chi connectivity index (χ2v) is 7.32. The zero-order chi connectivity index (χ0) is 19.8. The van der Waals surface area contributed by atoms with Crippen LogP contribution in [0.1, 0.15) is 47.1 Å². The summed E-state index contributed by atoms with van der Waals surface area (Å²) in [6.45, 7) is 7.52. The van der Waals surface area contributed by atoms with E-state index in [1.807, 2.05) is 38.2 Å². The number of rotatable bonds is 4. The van der Waals surface area contributed by atoms with E-state index in [9.17, 15) is 4.79 Å². The number of nitrogens with zero attached hydrogens (tertiary/aromatic N) is 3. The van der Waals surface area contributed by atoms with Gasteiger partial charge in [-0.05, 0) is 36.6 Å². The number of hydrogen-bond donors (Lipinski definition) is 1. The highest BCUT2D eigenvalue weighted by molar-refractivity contribution is 6.06. The topological polar surface area (TPSA) is 78.3 Å². The average molecular weight is 380 g/mol. The lowest BCUT2D eigenvalue weighted by molar-refractivity contribution is 0.0952. The van der Waals surface area contributed by atoms with Crippen molar-refractivity contribution in [3.63, 3.8) is 0 Å². The fraction of sp³-hybridized carbons (Fsp3) is 0.381. The van der Waals surface area contributed by atoms with Gasteiger partial charge in [0, 0.05) is 19.3 Å². The SMILES string of the molecule is Cc1nn(C)c2nc(C(C)C)cc(C(=O)NCc3ccc4c(c3)OCCO4)c12. The van der Waals surface area contributed by atoms with E-state index in [-0.39, 0.29) is 11.8 Å². The monoisotopic (exact) mass is 380 g/mol. The summed E-state index contributed by atoms with van der Waals surface area (Å²) in [5.74, 6) is 1.53. The van der Waals surface area contributed by atoms with Crippen molar-refractivity contribution >= 4 is 16.9 Å². The van der Waals surface area contributed by atoms with Gasteiger partial charge in [0.2, 0.25) is 0 Å². The molecule has 2 aromatic heterocycles. The van der Waals surface area contributed by atoms with Crippen LogP contribution in [0.25, 0.3) is 11.0 Å². The first-order chi connectivity index (χ1) is 13.4. The predicted octanol–water partition coefficient (Wildman–Crippen LogP) is 3.10. The molecule has 0 aliphatic carbocycles. The molecule has 0 saturated heterocycles. The fourth-order valence-corrected chi connectivity index (χ4v) is 3.41. The third-order valence-electron chi connectivity index (χ3n) is 4.88. The Hall–Kier alpha value is -3.09. The third-order valence-corrected chi connectivity index (χ3v) is 4.88. The molecule has 1 aromatic carbocycles. The molecule has 0 spiro atoms. The van der Waals surface area contributed by atoms with Gasteiger partial charge in [-0.1, -0.05) is 19.9 Å². The minimum absolute atomic E-state index is 0.139. The van der Waals surface area contributed by atoms with Crippen molar-refractivity contribution in [2.24, 2.45) is 7.05 Å². The number of benzene rings is 1. The smallest absolute Gasteiger partial charge is 0.252 e. The molecular weight excluding hydrogens is 356 g/mol. The molecule has 0 radical (unpaired) electrons. The van der Waals surface area contributed by atoms with Crippen molar-refractivity contribution in [2.45, 2.75) is 33.2 Å². The van der Waals surface area contributed by atoms with E-state index in [1.54, 1.807) is 4.68 Å². The molecule has 3 heterocycles. The van der Waals surface area contributed by atoms with E-state index in [1.165, 1.54) is 0 Å². The van der Waals surface area contributed by atoms with Crippen molar-refractivity contribution in [3.8, 4) is 11.5 Å². The first-order valence-corrected chi connectivity index (χ1v) is 9.45. The molecule has 146 valence electrons. The molecule has 0 atom stereocenters. The van der Waals surface area contributed by atoms with Crippen LogP contribution < -0.4 is 14.8 Å². The van der Waals surface area contributed by atoms with Gasteiger partial charge in [0.1, 0.15) is 13.2 Å². The maximum absolute atomic E-state index is 13.0. The second kappa shape index (κ2) is 7.14. The van der Waals surface area contributed by atoms with Crippen LogP contribution in [0.15, 0.2) is 24.3 Å². The Labute approximate surface area is 163 Å². The summed E-state index contributed by atoms with van der Waals surface area (Å²) < 4.78 is 12.9. The summed E-state index contributed by atoms with van der Waals surface area (Å²) in [5.41, 5.74) is 3.96. The van der Waals surface area contributed by atoms with Gasteiger partial charge in [-0.3, -0.25) is 9.48 Å². The number of fused-ring (bicyclic) bond motifs is 2. The van der Waals surface area contributed by atoms with Gasteiger partial charge in [0.25, 0.3) is 5.91 Å². The summed E-state index contributed by atoms with van der Waals surface area (Å²) in [4.78, 5) is 17.7. The Morgan fingerprint density at radius 2 is 1.96 bits per heavy atom. The van der Waals surface area contributed by atoms with Crippen molar-refractivity contribution in [3.05, 3.63) is 46.8 Å². The molecule has 7 heteroatoms. The van der Waals surface area contributed by atoms with E-state index in [2.05, 4.69) is 24.3 Å². The van der Waals surface area contributed by atoms with Gasteiger partial charge in [0.05, 0.1) is 16.6 Å². The Bertz CT molecular complexity index is 1060. The summed E-state index contributed by atoms with van der Waals surface area (Å²) in [7, 11) is 1.85. The number of ether oxygens (including phenoxy) is 2. The van der Waals surface area contributed by atoms with Crippen molar-refractivity contribution in [2.75, 3.05) is 13.2 Å². The number of carbonyl (C=O) groups excluding carboxylic acids is 1. The highest BCUT2D eigenvalue weighted by atomic mass is 16.6. The summed E-state index contributed by atoms with van der Waals surface area (Å²) in [6, 6.07) is 7.60. The molecule has 1 aliphatic rings. The maximum Gasteiger partial charge on any atom is 0.252 e. The summed E-state index contributed by atoms with van der Waals surface area (Å²) in [6.07, 6.45) is 0. The van der Waals surface area contributed by atoms with Gasteiger partial charge in [-0.25, -0.2) is 4.98 Å². The lowest BCUT2D eigenvalue weighted by Gasteiger charge is -2.19. The Balaban J connectivity index is 1.62. The quantitative estimate of drug-likeness (QED) is 0.752. The zero-order valence-corrected chi connectivity index (χ0v) is 16.6. The molecular formula is C21H24N4O3. The summed E-state index contributed by atoms with van der Waals surface area (Å²) >= 11 is 0. The molecule has 7 nitrogen and oxygen atoms in total. The number of hydrogen-bond acceptors (Lipinski definition) is 5. The van der Waals surface area contributed by atoms with Crippen LogP contribution >= 0.6 is 0 Å². The third kappa shape index (κ3) is 3.28. The molecule has 1 amide bonds. The molecule has 3 aromatic rings. The fourth-order valence-electron chi connectivity index (χ4n) is 3.41. The maximum atomic E-state index is 13.0. The van der Waals surface area contributed by atoms with E-state index in [0.29, 0.717) is 25.3 Å². The number of carbonyl (C=O) groups is 1. The van der Waals surface area contributed by atoms with Crippen LogP contribution in [-0.2, 0) is 13.6 Å². The average Bonchev–Trinajstić information content (AvgIpc) is 2.99. The molecule has 0 unspecified atom stereocenters. The van der Waals surface area contributed by atoms with Gasteiger partial charge in [-0.2, -0.15) is 5.10 Å². The molecule has 0 saturated carbocycles. The standard InChI is InChI=1S/C21H24N4O3/c1-12(2)16-10-15(19-13(3)24-25(4)20(19)23-16)21(26)22-11-14-5-6-17-18(9-14)28-8-7-27-17/h5-6,9-10,12H,7-8,11H2,1-4H3,(H,22,26). The van der Waals surface area contributed by atoms with Crippen LogP contribution in [0.4, 0.5) is 0 Å².